The van der Waals surface area contributed by atoms with Gasteiger partial charge in [-0.15, -0.1) is 11.8 Å². The summed E-state index contributed by atoms with van der Waals surface area (Å²) >= 11 is 1.47. The third kappa shape index (κ3) is 6.74. The molecule has 0 aromatic heterocycles. The summed E-state index contributed by atoms with van der Waals surface area (Å²) in [5, 5.41) is 12.8. The zero-order chi connectivity index (χ0) is 24.1. The first-order chi connectivity index (χ1) is 15.6. The fraction of sp³-hybridized carbons (Fsp3) is 0.400. The lowest BCUT2D eigenvalue weighted by Gasteiger charge is -2.39. The van der Waals surface area contributed by atoms with Crippen LogP contribution < -0.4 is 5.32 Å². The third-order valence-corrected chi connectivity index (χ3v) is 6.79. The monoisotopic (exact) mass is 470 g/mol. The number of carboxylic acid groups (broad SMARTS) is 1. The predicted molar refractivity (Wildman–Crippen MR) is 129 cm³/mol. The van der Waals surface area contributed by atoms with E-state index in [0.29, 0.717) is 42.9 Å². The average molecular weight is 471 g/mol. The van der Waals surface area contributed by atoms with Crippen LogP contribution in [-0.2, 0) is 9.53 Å². The van der Waals surface area contributed by atoms with E-state index in [0.717, 1.165) is 4.90 Å². The quantitative estimate of drug-likeness (QED) is 0.568. The van der Waals surface area contributed by atoms with E-state index in [1.54, 1.807) is 17.0 Å². The maximum Gasteiger partial charge on any atom is 0.410 e. The second-order valence-electron chi connectivity index (χ2n) is 9.19. The van der Waals surface area contributed by atoms with Crippen molar-refractivity contribution in [2.75, 3.05) is 24.2 Å². The number of piperidine rings is 1. The van der Waals surface area contributed by atoms with E-state index in [1.165, 1.54) is 11.8 Å². The number of carbonyl (C=O) groups excluding carboxylic acids is 2. The van der Waals surface area contributed by atoms with Crippen molar-refractivity contribution in [1.82, 2.24) is 4.90 Å². The highest BCUT2D eigenvalue weighted by atomic mass is 32.2. The second kappa shape index (κ2) is 10.3. The Morgan fingerprint density at radius 3 is 2.18 bits per heavy atom. The molecule has 8 heteroatoms. The maximum absolute atomic E-state index is 12.3. The Hall–Kier alpha value is -3.00. The molecular weight excluding hydrogens is 440 g/mol. The number of hydrogen-bond acceptors (Lipinski definition) is 5. The highest BCUT2D eigenvalue weighted by Crippen LogP contribution is 2.38. The van der Waals surface area contributed by atoms with Gasteiger partial charge in [-0.3, -0.25) is 9.59 Å². The van der Waals surface area contributed by atoms with Gasteiger partial charge in [-0.05, 0) is 70.0 Å². The van der Waals surface area contributed by atoms with Crippen molar-refractivity contribution in [2.45, 2.75) is 44.1 Å². The van der Waals surface area contributed by atoms with E-state index in [4.69, 9.17) is 4.74 Å². The van der Waals surface area contributed by atoms with Crippen LogP contribution in [0.5, 0.6) is 0 Å². The molecule has 176 valence electrons. The molecule has 1 heterocycles. The molecule has 1 saturated heterocycles. The number of nitrogens with one attached hydrogen (secondary N) is 1. The maximum atomic E-state index is 12.3. The van der Waals surface area contributed by atoms with Gasteiger partial charge >= 0.3 is 12.1 Å². The van der Waals surface area contributed by atoms with E-state index in [1.807, 2.05) is 63.2 Å². The van der Waals surface area contributed by atoms with Gasteiger partial charge in [-0.25, -0.2) is 4.79 Å². The van der Waals surface area contributed by atoms with Crippen LogP contribution in [0.15, 0.2) is 59.5 Å². The third-order valence-electron chi connectivity index (χ3n) is 5.49. The number of anilines is 1. The topological polar surface area (TPSA) is 95.9 Å². The first kappa shape index (κ1) is 24.6. The summed E-state index contributed by atoms with van der Waals surface area (Å²) in [5.74, 6) is -0.622. The van der Waals surface area contributed by atoms with Crippen molar-refractivity contribution in [3.8, 4) is 0 Å². The van der Waals surface area contributed by atoms with Gasteiger partial charge in [-0.2, -0.15) is 0 Å². The van der Waals surface area contributed by atoms with Crippen LogP contribution in [0.4, 0.5) is 10.5 Å². The highest BCUT2D eigenvalue weighted by molar-refractivity contribution is 7.99. The van der Waals surface area contributed by atoms with Gasteiger partial charge in [0.1, 0.15) is 5.60 Å². The summed E-state index contributed by atoms with van der Waals surface area (Å²) in [6.45, 7) is 6.14. The minimum Gasteiger partial charge on any atom is -0.481 e. The Balaban J connectivity index is 1.55. The number of nitrogens with zero attached hydrogens (tertiary/aromatic N) is 1. The summed E-state index contributed by atoms with van der Waals surface area (Å²) in [5.41, 5.74) is -0.228. The van der Waals surface area contributed by atoms with Crippen molar-refractivity contribution < 1.29 is 24.2 Å². The SMILES string of the molecule is CC(C)(C)OC(=O)N1CCC(CSc2ccc(NC(=O)c3ccccc3)cc2)(C(=O)O)CC1. The minimum absolute atomic E-state index is 0.183. The number of amides is 2. The molecule has 0 unspecified atom stereocenters. The largest absolute Gasteiger partial charge is 0.481 e. The molecule has 33 heavy (non-hydrogen) atoms. The van der Waals surface area contributed by atoms with Crippen molar-refractivity contribution in [3.63, 3.8) is 0 Å². The number of ether oxygens (including phenoxy) is 1. The van der Waals surface area contributed by atoms with E-state index in [-0.39, 0.29) is 5.91 Å². The van der Waals surface area contributed by atoms with Crippen molar-refractivity contribution in [3.05, 3.63) is 60.2 Å². The van der Waals surface area contributed by atoms with Gasteiger partial charge in [0.05, 0.1) is 5.41 Å². The number of benzene rings is 2. The fourth-order valence-corrected chi connectivity index (χ4v) is 4.70. The first-order valence-corrected chi connectivity index (χ1v) is 11.9. The number of thioether (sulfide) groups is 1. The molecule has 0 aliphatic carbocycles. The van der Waals surface area contributed by atoms with Crippen LogP contribution >= 0.6 is 11.8 Å². The van der Waals surface area contributed by atoms with Gasteiger partial charge < -0.3 is 20.1 Å². The summed E-state index contributed by atoms with van der Waals surface area (Å²) in [6, 6.07) is 16.3. The summed E-state index contributed by atoms with van der Waals surface area (Å²) in [6.07, 6.45) is 0.349. The minimum atomic E-state index is -0.899. The van der Waals surface area contributed by atoms with Gasteiger partial charge in [0.2, 0.25) is 0 Å². The fourth-order valence-electron chi connectivity index (χ4n) is 3.51. The van der Waals surface area contributed by atoms with Crippen LogP contribution in [0.25, 0.3) is 0 Å². The van der Waals surface area contributed by atoms with Crippen LogP contribution in [0.1, 0.15) is 44.0 Å². The average Bonchev–Trinajstić information content (AvgIpc) is 2.78. The Morgan fingerprint density at radius 1 is 1.03 bits per heavy atom. The number of likely N-dealkylation sites (tertiary alicyclic amines) is 1. The van der Waals surface area contributed by atoms with Crippen LogP contribution in [-0.4, -0.2) is 52.4 Å². The zero-order valence-corrected chi connectivity index (χ0v) is 20.0. The lowest BCUT2D eigenvalue weighted by molar-refractivity contribution is -0.150. The Bertz CT molecular complexity index is 978. The highest BCUT2D eigenvalue weighted by Gasteiger charge is 2.43. The molecule has 2 N–H and O–H groups in total. The van der Waals surface area contributed by atoms with Crippen molar-refractivity contribution in [2.24, 2.45) is 5.41 Å². The number of hydrogen-bond donors (Lipinski definition) is 2. The summed E-state index contributed by atoms with van der Waals surface area (Å²) in [7, 11) is 0. The Labute approximate surface area is 198 Å². The smallest absolute Gasteiger partial charge is 0.410 e. The molecule has 7 nitrogen and oxygen atoms in total. The van der Waals surface area contributed by atoms with Crippen molar-refractivity contribution >= 4 is 35.4 Å². The van der Waals surface area contributed by atoms with E-state index < -0.39 is 23.1 Å². The first-order valence-electron chi connectivity index (χ1n) is 10.9. The van der Waals surface area contributed by atoms with Crippen LogP contribution in [0.3, 0.4) is 0 Å². The lowest BCUT2D eigenvalue weighted by Crippen LogP contribution is -2.49. The molecule has 2 aromatic rings. The van der Waals surface area contributed by atoms with Gasteiger partial charge in [-0.1, -0.05) is 18.2 Å². The molecule has 0 radical (unpaired) electrons. The van der Waals surface area contributed by atoms with Crippen LogP contribution in [0, 0.1) is 5.41 Å². The van der Waals surface area contributed by atoms with Gasteiger partial charge in [0, 0.05) is 35.0 Å². The molecular formula is C25H30N2O5S. The van der Waals surface area contributed by atoms with Gasteiger partial charge in [0.15, 0.2) is 0 Å². The lowest BCUT2D eigenvalue weighted by atomic mass is 9.80. The standard InChI is InChI=1S/C25H30N2O5S/c1-24(2,3)32-23(31)27-15-13-25(14-16-27,22(29)30)17-33-20-11-9-19(10-12-20)26-21(28)18-7-5-4-6-8-18/h4-12H,13-17H2,1-3H3,(H,26,28)(H,29,30). The number of carbonyl (C=O) groups is 3. The molecule has 0 spiro atoms. The van der Waals surface area contributed by atoms with Gasteiger partial charge in [0.25, 0.3) is 5.91 Å². The normalized spacial score (nSPS) is 15.5. The number of carboxylic acids is 1. The Morgan fingerprint density at radius 2 is 1.64 bits per heavy atom. The van der Waals surface area contributed by atoms with Crippen molar-refractivity contribution in [1.29, 1.82) is 0 Å². The zero-order valence-electron chi connectivity index (χ0n) is 19.2. The number of rotatable bonds is 6. The predicted octanol–water partition coefficient (Wildman–Crippen LogP) is 5.13. The Kier molecular flexibility index (Phi) is 7.68. The number of aliphatic carboxylic acids is 1. The molecule has 2 amide bonds. The molecule has 2 aromatic carbocycles. The van der Waals surface area contributed by atoms with E-state index >= 15 is 0 Å². The van der Waals surface area contributed by atoms with Crippen LogP contribution in [0.2, 0.25) is 0 Å². The van der Waals surface area contributed by atoms with E-state index in [2.05, 4.69) is 5.32 Å². The second-order valence-corrected chi connectivity index (χ2v) is 10.2. The molecule has 3 rings (SSSR count). The molecule has 1 aliphatic rings. The molecule has 0 atom stereocenters. The molecule has 1 aliphatic heterocycles. The summed E-state index contributed by atoms with van der Waals surface area (Å²) in [4.78, 5) is 39.2. The molecule has 1 fully saturated rings. The van der Waals surface area contributed by atoms with E-state index in [9.17, 15) is 19.5 Å². The molecule has 0 bridgehead atoms. The summed E-state index contributed by atoms with van der Waals surface area (Å²) < 4.78 is 5.41. The molecule has 0 saturated carbocycles.